The number of benzene rings is 2. The first-order valence-electron chi connectivity index (χ1n) is 9.87. The molecule has 2 aromatic carbocycles. The molecule has 1 aliphatic heterocycles. The maximum Gasteiger partial charge on any atom is 0.253 e. The van der Waals surface area contributed by atoms with Crippen molar-refractivity contribution in [2.75, 3.05) is 26.2 Å². The molecule has 0 bridgehead atoms. The van der Waals surface area contributed by atoms with Crippen molar-refractivity contribution >= 4 is 24.0 Å². The van der Waals surface area contributed by atoms with Crippen LogP contribution in [0.1, 0.15) is 15.9 Å². The van der Waals surface area contributed by atoms with Crippen LogP contribution in [-0.4, -0.2) is 62.6 Å². The number of carbonyl (C=O) groups is 2. The van der Waals surface area contributed by atoms with E-state index in [9.17, 15) is 9.59 Å². The Kier molecular flexibility index (Phi) is 5.76. The van der Waals surface area contributed by atoms with Crippen LogP contribution >= 0.6 is 12.2 Å². The molecule has 8 heteroatoms. The first-order valence-corrected chi connectivity index (χ1v) is 10.3. The number of H-pyrrole nitrogens is 1. The van der Waals surface area contributed by atoms with Crippen molar-refractivity contribution < 1.29 is 9.59 Å². The van der Waals surface area contributed by atoms with Gasteiger partial charge in [0.2, 0.25) is 5.91 Å². The summed E-state index contributed by atoms with van der Waals surface area (Å²) in [6.07, 6.45) is 0. The smallest absolute Gasteiger partial charge is 0.253 e. The average Bonchev–Trinajstić information content (AvgIpc) is 3.14. The summed E-state index contributed by atoms with van der Waals surface area (Å²) in [5.41, 5.74) is 2.72. The predicted molar refractivity (Wildman–Crippen MR) is 117 cm³/mol. The minimum atomic E-state index is -0.0346. The van der Waals surface area contributed by atoms with Gasteiger partial charge in [0.25, 0.3) is 5.91 Å². The molecule has 0 aliphatic carbocycles. The van der Waals surface area contributed by atoms with Gasteiger partial charge in [-0.15, -0.1) is 0 Å². The molecular formula is C22H23N5O2S. The van der Waals surface area contributed by atoms with Crippen LogP contribution in [0.25, 0.3) is 11.4 Å². The number of piperazine rings is 1. The maximum absolute atomic E-state index is 12.9. The van der Waals surface area contributed by atoms with E-state index in [4.69, 9.17) is 12.2 Å². The molecule has 1 saturated heterocycles. The summed E-state index contributed by atoms with van der Waals surface area (Å²) < 4.78 is 2.14. The number of carbonyl (C=O) groups excluding carboxylic acids is 2. The first-order chi connectivity index (χ1) is 14.5. The number of hydrogen-bond acceptors (Lipinski definition) is 4. The number of aromatic nitrogens is 3. The number of hydrogen-bond donors (Lipinski definition) is 1. The Labute approximate surface area is 179 Å². The number of aryl methyl sites for hydroxylation is 1. The summed E-state index contributed by atoms with van der Waals surface area (Å²) in [4.78, 5) is 29.1. The molecule has 1 fully saturated rings. The number of aromatic amines is 1. The number of amides is 2. The summed E-state index contributed by atoms with van der Waals surface area (Å²) in [6.45, 7) is 4.17. The van der Waals surface area contributed by atoms with Gasteiger partial charge in [-0.2, -0.15) is 5.10 Å². The van der Waals surface area contributed by atoms with Gasteiger partial charge in [-0.05, 0) is 31.3 Å². The largest absolute Gasteiger partial charge is 0.338 e. The van der Waals surface area contributed by atoms with Crippen LogP contribution in [0.5, 0.6) is 0 Å². The van der Waals surface area contributed by atoms with E-state index in [0.717, 1.165) is 11.1 Å². The number of rotatable bonds is 4. The van der Waals surface area contributed by atoms with Crippen molar-refractivity contribution in [1.82, 2.24) is 24.6 Å². The highest BCUT2D eigenvalue weighted by Gasteiger charge is 2.25. The molecule has 2 heterocycles. The Morgan fingerprint density at radius 2 is 1.60 bits per heavy atom. The van der Waals surface area contributed by atoms with Crippen LogP contribution in [0, 0.1) is 11.7 Å². The summed E-state index contributed by atoms with van der Waals surface area (Å²) in [6, 6.07) is 17.2. The molecule has 1 aliphatic rings. The number of nitrogens with zero attached hydrogens (tertiary/aromatic N) is 4. The van der Waals surface area contributed by atoms with Crippen LogP contribution in [0.3, 0.4) is 0 Å². The Morgan fingerprint density at radius 1 is 0.967 bits per heavy atom. The molecule has 0 spiro atoms. The van der Waals surface area contributed by atoms with Crippen LogP contribution in [-0.2, 0) is 11.3 Å². The van der Waals surface area contributed by atoms with E-state index in [1.807, 2.05) is 61.5 Å². The fourth-order valence-corrected chi connectivity index (χ4v) is 3.74. The molecule has 154 valence electrons. The van der Waals surface area contributed by atoms with Crippen molar-refractivity contribution in [2.45, 2.75) is 13.5 Å². The van der Waals surface area contributed by atoms with Crippen LogP contribution in [0.4, 0.5) is 0 Å². The molecule has 3 aromatic rings. The van der Waals surface area contributed by atoms with E-state index < -0.39 is 0 Å². The van der Waals surface area contributed by atoms with Gasteiger partial charge in [0, 0.05) is 37.3 Å². The Hall–Kier alpha value is -3.26. The van der Waals surface area contributed by atoms with Crippen LogP contribution in [0.15, 0.2) is 54.6 Å². The fraction of sp³-hybridized carbons (Fsp3) is 0.273. The first kappa shape index (κ1) is 20.0. The SMILES string of the molecule is Cc1ccc(-c2n[nH]c(=S)n2CC(=O)N2CCN(C(=O)c3ccccc3)CC2)cc1. The molecule has 7 nitrogen and oxygen atoms in total. The lowest BCUT2D eigenvalue weighted by molar-refractivity contribution is -0.133. The molecule has 2 amide bonds. The monoisotopic (exact) mass is 421 g/mol. The van der Waals surface area contributed by atoms with E-state index in [2.05, 4.69) is 10.2 Å². The third-order valence-electron chi connectivity index (χ3n) is 5.30. The quantitative estimate of drug-likeness (QED) is 0.658. The van der Waals surface area contributed by atoms with Gasteiger partial charge >= 0.3 is 0 Å². The third-order valence-corrected chi connectivity index (χ3v) is 5.61. The van der Waals surface area contributed by atoms with Crippen molar-refractivity contribution in [1.29, 1.82) is 0 Å². The van der Waals surface area contributed by atoms with Crippen molar-refractivity contribution in [3.8, 4) is 11.4 Å². The van der Waals surface area contributed by atoms with E-state index in [-0.39, 0.29) is 18.4 Å². The molecular weight excluding hydrogens is 398 g/mol. The van der Waals surface area contributed by atoms with E-state index >= 15 is 0 Å². The fourth-order valence-electron chi connectivity index (χ4n) is 3.54. The minimum Gasteiger partial charge on any atom is -0.338 e. The Morgan fingerprint density at radius 3 is 2.27 bits per heavy atom. The lowest BCUT2D eigenvalue weighted by Crippen LogP contribution is -2.51. The molecule has 30 heavy (non-hydrogen) atoms. The van der Waals surface area contributed by atoms with Crippen LogP contribution in [0.2, 0.25) is 0 Å². The zero-order chi connectivity index (χ0) is 21.1. The van der Waals surface area contributed by atoms with Gasteiger partial charge in [-0.3, -0.25) is 19.3 Å². The summed E-state index contributed by atoms with van der Waals surface area (Å²) in [5, 5.41) is 7.10. The van der Waals surface area contributed by atoms with Crippen molar-refractivity contribution in [3.05, 3.63) is 70.5 Å². The van der Waals surface area contributed by atoms with E-state index in [0.29, 0.717) is 42.3 Å². The highest BCUT2D eigenvalue weighted by Crippen LogP contribution is 2.18. The molecule has 0 radical (unpaired) electrons. The molecule has 1 N–H and O–H groups in total. The zero-order valence-electron chi connectivity index (χ0n) is 16.7. The molecule has 4 rings (SSSR count). The van der Waals surface area contributed by atoms with E-state index in [1.165, 1.54) is 0 Å². The second kappa shape index (κ2) is 8.62. The molecule has 0 atom stereocenters. The number of nitrogens with one attached hydrogen (secondary N) is 1. The van der Waals surface area contributed by atoms with Gasteiger partial charge in [-0.25, -0.2) is 0 Å². The Bertz CT molecular complexity index is 1100. The standard InChI is InChI=1S/C22H23N5O2S/c1-16-7-9-17(10-8-16)20-23-24-22(30)27(20)15-19(28)25-11-13-26(14-12-25)21(29)18-5-3-2-4-6-18/h2-10H,11-15H2,1H3,(H,24,30). The molecule has 0 saturated carbocycles. The van der Waals surface area contributed by atoms with Crippen molar-refractivity contribution in [3.63, 3.8) is 0 Å². The van der Waals surface area contributed by atoms with Gasteiger partial charge in [0.1, 0.15) is 6.54 Å². The minimum absolute atomic E-state index is 0.00131. The highest BCUT2D eigenvalue weighted by molar-refractivity contribution is 7.71. The summed E-state index contributed by atoms with van der Waals surface area (Å²) >= 11 is 5.35. The van der Waals surface area contributed by atoms with Gasteiger partial charge in [0.15, 0.2) is 10.6 Å². The normalized spacial score (nSPS) is 14.0. The summed E-state index contributed by atoms with van der Waals surface area (Å²) in [7, 11) is 0. The second-order valence-corrected chi connectivity index (χ2v) is 7.73. The third kappa shape index (κ3) is 4.18. The topological polar surface area (TPSA) is 74.2 Å². The maximum atomic E-state index is 12.9. The van der Waals surface area contributed by atoms with Gasteiger partial charge in [-0.1, -0.05) is 48.0 Å². The lowest BCUT2D eigenvalue weighted by atomic mass is 10.1. The summed E-state index contributed by atoms with van der Waals surface area (Å²) in [5.74, 6) is 0.611. The average molecular weight is 422 g/mol. The van der Waals surface area contributed by atoms with Gasteiger partial charge in [0.05, 0.1) is 0 Å². The molecule has 1 aromatic heterocycles. The van der Waals surface area contributed by atoms with E-state index in [1.54, 1.807) is 14.4 Å². The lowest BCUT2D eigenvalue weighted by Gasteiger charge is -2.35. The van der Waals surface area contributed by atoms with Gasteiger partial charge < -0.3 is 9.80 Å². The zero-order valence-corrected chi connectivity index (χ0v) is 17.6. The second-order valence-electron chi connectivity index (χ2n) is 7.34. The Balaban J connectivity index is 1.41. The molecule has 0 unspecified atom stereocenters. The van der Waals surface area contributed by atoms with Crippen molar-refractivity contribution in [2.24, 2.45) is 0 Å². The highest BCUT2D eigenvalue weighted by atomic mass is 32.1. The predicted octanol–water partition coefficient (Wildman–Crippen LogP) is 2.90. The van der Waals surface area contributed by atoms with Crippen LogP contribution < -0.4 is 0 Å².